The molecule has 9 heteroatoms. The number of thiazole rings is 1. The molecule has 1 amide bonds. The molecule has 4 rings (SSSR count). The van der Waals surface area contributed by atoms with Crippen molar-refractivity contribution < 1.29 is 13.6 Å². The number of benzene rings is 1. The minimum atomic E-state index is -0.856. The number of carbonyl (C=O) groups excluding carboxylic acids is 1. The highest BCUT2D eigenvalue weighted by Crippen LogP contribution is 2.33. The second kappa shape index (κ2) is 7.51. The van der Waals surface area contributed by atoms with Crippen LogP contribution in [0.25, 0.3) is 22.0 Å². The van der Waals surface area contributed by atoms with Crippen molar-refractivity contribution in [1.29, 1.82) is 0 Å². The summed E-state index contributed by atoms with van der Waals surface area (Å²) in [7, 11) is 1.68. The fourth-order valence-corrected chi connectivity index (χ4v) is 3.75. The van der Waals surface area contributed by atoms with Gasteiger partial charge in [0.05, 0.1) is 5.69 Å². The maximum absolute atomic E-state index is 13.8. The molecule has 1 aromatic carbocycles. The van der Waals surface area contributed by atoms with E-state index in [0.29, 0.717) is 11.4 Å². The van der Waals surface area contributed by atoms with E-state index in [1.165, 1.54) is 22.1 Å². The van der Waals surface area contributed by atoms with Gasteiger partial charge in [0.2, 0.25) is 0 Å². The van der Waals surface area contributed by atoms with Gasteiger partial charge in [0.25, 0.3) is 5.91 Å². The summed E-state index contributed by atoms with van der Waals surface area (Å²) >= 11 is 1.50. The van der Waals surface area contributed by atoms with Crippen molar-refractivity contribution in [2.24, 2.45) is 7.05 Å². The van der Waals surface area contributed by atoms with Crippen LogP contribution >= 0.6 is 11.3 Å². The largest absolute Gasteiger partial charge is 0.316 e. The van der Waals surface area contributed by atoms with Crippen molar-refractivity contribution in [2.45, 2.75) is 6.92 Å². The van der Waals surface area contributed by atoms with Crippen molar-refractivity contribution in [1.82, 2.24) is 19.7 Å². The molecule has 0 bridgehead atoms. The van der Waals surface area contributed by atoms with E-state index in [-0.39, 0.29) is 5.69 Å². The lowest BCUT2D eigenvalue weighted by molar-refractivity contribution is 0.102. The van der Waals surface area contributed by atoms with Crippen LogP contribution in [0.5, 0.6) is 0 Å². The topological polar surface area (TPSA) is 72.7 Å². The summed E-state index contributed by atoms with van der Waals surface area (Å²) in [5.74, 6) is -2.42. The number of nitrogens with one attached hydrogen (secondary N) is 1. The van der Waals surface area contributed by atoms with Gasteiger partial charge in [0.15, 0.2) is 5.69 Å². The van der Waals surface area contributed by atoms with E-state index < -0.39 is 23.2 Å². The van der Waals surface area contributed by atoms with Crippen LogP contribution in [0.1, 0.15) is 15.4 Å². The number of pyridine rings is 1. The van der Waals surface area contributed by atoms with Gasteiger partial charge >= 0.3 is 0 Å². The van der Waals surface area contributed by atoms with Crippen LogP contribution in [-0.4, -0.2) is 25.7 Å². The van der Waals surface area contributed by atoms with Gasteiger partial charge in [-0.25, -0.2) is 13.8 Å². The number of nitrogens with zero attached hydrogens (tertiary/aromatic N) is 4. The molecule has 0 radical (unpaired) electrons. The minimum Gasteiger partial charge on any atom is -0.316 e. The average Bonchev–Trinajstić information content (AvgIpc) is 3.28. The van der Waals surface area contributed by atoms with Crippen molar-refractivity contribution in [3.05, 3.63) is 71.0 Å². The monoisotopic (exact) mass is 411 g/mol. The molecule has 146 valence electrons. The van der Waals surface area contributed by atoms with Gasteiger partial charge in [-0.2, -0.15) is 5.10 Å². The Kier molecular flexibility index (Phi) is 4.89. The molecule has 4 aromatic rings. The molecular formula is C20H15F2N5OS. The molecule has 0 atom stereocenters. The molecule has 0 saturated carbocycles. The van der Waals surface area contributed by atoms with Crippen LogP contribution in [0.4, 0.5) is 14.5 Å². The summed E-state index contributed by atoms with van der Waals surface area (Å²) in [4.78, 5) is 22.2. The lowest BCUT2D eigenvalue weighted by atomic mass is 10.2. The number of hydrogen-bond donors (Lipinski definition) is 1. The van der Waals surface area contributed by atoms with Gasteiger partial charge in [0.1, 0.15) is 28.0 Å². The van der Waals surface area contributed by atoms with Crippen LogP contribution in [0.3, 0.4) is 0 Å². The molecule has 3 aromatic heterocycles. The Morgan fingerprint density at radius 2 is 1.93 bits per heavy atom. The molecule has 29 heavy (non-hydrogen) atoms. The van der Waals surface area contributed by atoms with E-state index >= 15 is 0 Å². The molecule has 0 aliphatic carbocycles. The Balaban J connectivity index is 1.65. The van der Waals surface area contributed by atoms with E-state index in [4.69, 9.17) is 0 Å². The number of anilines is 1. The summed E-state index contributed by atoms with van der Waals surface area (Å²) in [5.41, 5.74) is 1.71. The van der Waals surface area contributed by atoms with Gasteiger partial charge in [0, 0.05) is 29.9 Å². The summed E-state index contributed by atoms with van der Waals surface area (Å²) < 4.78 is 29.1. The molecular weight excluding hydrogens is 396 g/mol. The van der Waals surface area contributed by atoms with E-state index in [1.54, 1.807) is 25.5 Å². The van der Waals surface area contributed by atoms with Crippen molar-refractivity contribution >= 4 is 22.9 Å². The average molecular weight is 411 g/mol. The van der Waals surface area contributed by atoms with Crippen molar-refractivity contribution in [2.75, 3.05) is 5.32 Å². The fourth-order valence-electron chi connectivity index (χ4n) is 2.84. The third-order valence-corrected chi connectivity index (χ3v) is 5.28. The van der Waals surface area contributed by atoms with Crippen LogP contribution < -0.4 is 5.32 Å². The molecule has 0 spiro atoms. The first-order valence-electron chi connectivity index (χ1n) is 8.61. The lowest BCUT2D eigenvalue weighted by Crippen LogP contribution is -2.15. The van der Waals surface area contributed by atoms with E-state index in [9.17, 15) is 13.6 Å². The van der Waals surface area contributed by atoms with Gasteiger partial charge in [-0.05, 0) is 37.3 Å². The Labute approximate surface area is 168 Å². The zero-order valence-corrected chi connectivity index (χ0v) is 16.3. The maximum Gasteiger partial charge on any atom is 0.276 e. The molecule has 1 N–H and O–H groups in total. The highest BCUT2D eigenvalue weighted by atomic mass is 32.1. The van der Waals surface area contributed by atoms with Gasteiger partial charge in [-0.15, -0.1) is 11.3 Å². The highest BCUT2D eigenvalue weighted by Gasteiger charge is 2.20. The first kappa shape index (κ1) is 18.9. The van der Waals surface area contributed by atoms with Crippen LogP contribution in [0, 0.1) is 18.6 Å². The maximum atomic E-state index is 13.8. The van der Waals surface area contributed by atoms with Crippen LogP contribution in [-0.2, 0) is 7.05 Å². The normalized spacial score (nSPS) is 10.9. The van der Waals surface area contributed by atoms with Gasteiger partial charge < -0.3 is 5.32 Å². The van der Waals surface area contributed by atoms with E-state index in [1.807, 2.05) is 19.1 Å². The summed E-state index contributed by atoms with van der Waals surface area (Å²) in [6.45, 7) is 1.92. The Morgan fingerprint density at radius 3 is 2.62 bits per heavy atom. The summed E-state index contributed by atoms with van der Waals surface area (Å²) in [6, 6.07) is 8.66. The number of para-hydroxylation sites is 1. The molecule has 0 unspecified atom stereocenters. The minimum absolute atomic E-state index is 0.0282. The predicted octanol–water partition coefficient (Wildman–Crippen LogP) is 4.44. The highest BCUT2D eigenvalue weighted by molar-refractivity contribution is 7.15. The standard InChI is InChI=1S/C20H15F2N5OS/c1-11-17(25-20(29-11)12-5-4-8-23-10-12)16-9-15(26-27(16)2)19(28)24-18-13(21)6-3-7-14(18)22/h3-10H,1-2H3,(H,24,28). The third-order valence-electron chi connectivity index (χ3n) is 4.26. The van der Waals surface area contributed by atoms with E-state index in [2.05, 4.69) is 20.4 Å². The Morgan fingerprint density at radius 1 is 1.17 bits per heavy atom. The second-order valence-corrected chi connectivity index (χ2v) is 7.46. The van der Waals surface area contributed by atoms with Gasteiger partial charge in [-0.3, -0.25) is 14.5 Å². The first-order valence-corrected chi connectivity index (χ1v) is 9.43. The predicted molar refractivity (Wildman–Crippen MR) is 107 cm³/mol. The number of hydrogen-bond acceptors (Lipinski definition) is 5. The van der Waals surface area contributed by atoms with E-state index in [0.717, 1.165) is 27.6 Å². The Bertz CT molecular complexity index is 1180. The molecule has 0 saturated heterocycles. The quantitative estimate of drug-likeness (QED) is 0.539. The molecule has 0 aliphatic rings. The van der Waals surface area contributed by atoms with Gasteiger partial charge in [-0.1, -0.05) is 6.07 Å². The third kappa shape index (κ3) is 3.64. The zero-order chi connectivity index (χ0) is 20.5. The number of aryl methyl sites for hydroxylation is 2. The second-order valence-electron chi connectivity index (χ2n) is 6.25. The molecule has 0 fully saturated rings. The van der Waals surface area contributed by atoms with Crippen molar-refractivity contribution in [3.8, 4) is 22.0 Å². The number of aromatic nitrogens is 4. The zero-order valence-electron chi connectivity index (χ0n) is 15.5. The number of halogens is 2. The Hall–Kier alpha value is -3.46. The summed E-state index contributed by atoms with van der Waals surface area (Å²) in [6.07, 6.45) is 3.42. The van der Waals surface area contributed by atoms with Crippen LogP contribution in [0.15, 0.2) is 48.8 Å². The molecule has 0 aliphatic heterocycles. The van der Waals surface area contributed by atoms with Crippen LogP contribution in [0.2, 0.25) is 0 Å². The SMILES string of the molecule is Cc1sc(-c2cccnc2)nc1-c1cc(C(=O)Nc2c(F)cccc2F)nn1C. The number of rotatable bonds is 4. The first-order chi connectivity index (χ1) is 13.9. The fraction of sp³-hybridized carbons (Fsp3) is 0.100. The van der Waals surface area contributed by atoms with Crippen molar-refractivity contribution in [3.63, 3.8) is 0 Å². The lowest BCUT2D eigenvalue weighted by Gasteiger charge is -2.05. The summed E-state index contributed by atoms with van der Waals surface area (Å²) in [5, 5.41) is 7.22. The molecule has 3 heterocycles. The number of amides is 1. The smallest absolute Gasteiger partial charge is 0.276 e. The number of carbonyl (C=O) groups is 1. The molecule has 6 nitrogen and oxygen atoms in total.